The van der Waals surface area contributed by atoms with Gasteiger partial charge in [-0.15, -0.1) is 0 Å². The van der Waals surface area contributed by atoms with Crippen LogP contribution in [0, 0.1) is 5.41 Å². The Kier molecular flexibility index (Phi) is 3.80. The van der Waals surface area contributed by atoms with Crippen LogP contribution in [0.1, 0.15) is 31.2 Å². The normalized spacial score (nSPS) is 18.2. The van der Waals surface area contributed by atoms with Crippen molar-refractivity contribution in [1.29, 1.82) is 5.41 Å². The topological polar surface area (TPSA) is 131 Å². The first kappa shape index (κ1) is 14.1. The second kappa shape index (κ2) is 5.38. The molecule has 1 aliphatic rings. The van der Waals surface area contributed by atoms with Gasteiger partial charge in [-0.2, -0.15) is 10.2 Å². The smallest absolute Gasteiger partial charge is 0.237 e. The number of rotatable bonds is 5. The lowest BCUT2D eigenvalue weighted by Gasteiger charge is -2.18. The highest BCUT2D eigenvalue weighted by atomic mass is 16.2. The number of aromatic nitrogens is 2. The van der Waals surface area contributed by atoms with Crippen molar-refractivity contribution in [1.82, 2.24) is 15.5 Å². The molecule has 0 radical (unpaired) electrons. The predicted octanol–water partition coefficient (Wildman–Crippen LogP) is -0.122. The van der Waals surface area contributed by atoms with Crippen molar-refractivity contribution in [2.24, 2.45) is 11.5 Å². The Morgan fingerprint density at radius 2 is 2.20 bits per heavy atom. The summed E-state index contributed by atoms with van der Waals surface area (Å²) in [5.74, 6) is -0.199. The van der Waals surface area contributed by atoms with Gasteiger partial charge in [0.2, 0.25) is 5.91 Å². The minimum absolute atomic E-state index is 0.199. The van der Waals surface area contributed by atoms with E-state index >= 15 is 0 Å². The van der Waals surface area contributed by atoms with Crippen LogP contribution in [0.2, 0.25) is 0 Å². The van der Waals surface area contributed by atoms with Crippen LogP contribution in [0.4, 0.5) is 0 Å². The van der Waals surface area contributed by atoms with Gasteiger partial charge in [-0.25, -0.2) is 0 Å². The van der Waals surface area contributed by atoms with E-state index < -0.39 is 11.6 Å². The van der Waals surface area contributed by atoms with Crippen LogP contribution >= 0.6 is 0 Å². The molecule has 20 heavy (non-hydrogen) atoms. The van der Waals surface area contributed by atoms with E-state index in [4.69, 9.17) is 16.9 Å². The molecule has 2 rings (SSSR count). The SMILES string of the molecule is CC(N)C(=O)NC1(c2ccc(/C(C=N)=C/N)nn2)CC1. The maximum absolute atomic E-state index is 11.7. The summed E-state index contributed by atoms with van der Waals surface area (Å²) < 4.78 is 0. The maximum Gasteiger partial charge on any atom is 0.237 e. The number of hydrogen-bond donors (Lipinski definition) is 4. The summed E-state index contributed by atoms with van der Waals surface area (Å²) in [7, 11) is 0. The molecule has 7 nitrogen and oxygen atoms in total. The lowest BCUT2D eigenvalue weighted by atomic mass is 10.1. The fraction of sp³-hybridized carbons (Fsp3) is 0.385. The molecular formula is C13H18N6O. The molecule has 0 saturated heterocycles. The standard InChI is InChI=1S/C13H18N6O/c1-8(16)12(20)17-13(4-5-13)11-3-2-10(18-19-11)9(6-14)7-15/h2-3,6-8,14H,4-5,15-16H2,1H3,(H,17,20)/b9-7+,14-6?. The highest BCUT2D eigenvalue weighted by Crippen LogP contribution is 2.44. The van der Waals surface area contributed by atoms with E-state index in [2.05, 4.69) is 15.5 Å². The average Bonchev–Trinajstić information content (AvgIpc) is 3.21. The third-order valence-electron chi connectivity index (χ3n) is 3.31. The fourth-order valence-electron chi connectivity index (χ4n) is 1.87. The molecule has 1 amide bonds. The Balaban J connectivity index is 2.18. The van der Waals surface area contributed by atoms with Crippen LogP contribution in [-0.4, -0.2) is 28.4 Å². The largest absolute Gasteiger partial charge is 0.404 e. The average molecular weight is 274 g/mol. The molecule has 1 unspecified atom stereocenters. The van der Waals surface area contributed by atoms with Gasteiger partial charge in [0.15, 0.2) is 0 Å². The second-order valence-electron chi connectivity index (χ2n) is 4.93. The number of nitrogens with zero attached hydrogens (tertiary/aromatic N) is 2. The zero-order chi connectivity index (χ0) is 14.8. The van der Waals surface area contributed by atoms with Gasteiger partial charge in [0.1, 0.15) is 0 Å². The first-order chi connectivity index (χ1) is 9.52. The Labute approximate surface area is 117 Å². The number of nitrogens with one attached hydrogen (secondary N) is 2. The van der Waals surface area contributed by atoms with Crippen LogP contribution < -0.4 is 16.8 Å². The first-order valence-electron chi connectivity index (χ1n) is 6.37. The Bertz CT molecular complexity index is 544. The predicted molar refractivity (Wildman–Crippen MR) is 75.7 cm³/mol. The quantitative estimate of drug-likeness (QED) is 0.556. The second-order valence-corrected chi connectivity index (χ2v) is 4.93. The monoisotopic (exact) mass is 274 g/mol. The Morgan fingerprint density at radius 1 is 1.50 bits per heavy atom. The Hall–Kier alpha value is -2.28. The zero-order valence-electron chi connectivity index (χ0n) is 11.3. The third-order valence-corrected chi connectivity index (χ3v) is 3.31. The van der Waals surface area contributed by atoms with Crippen LogP contribution in [0.15, 0.2) is 18.3 Å². The van der Waals surface area contributed by atoms with Gasteiger partial charge in [0.25, 0.3) is 0 Å². The van der Waals surface area contributed by atoms with Gasteiger partial charge in [0.05, 0.1) is 23.0 Å². The van der Waals surface area contributed by atoms with Crippen molar-refractivity contribution in [3.05, 3.63) is 29.7 Å². The molecule has 1 atom stereocenters. The Morgan fingerprint density at radius 3 is 2.60 bits per heavy atom. The first-order valence-corrected chi connectivity index (χ1v) is 6.37. The van der Waals surface area contributed by atoms with Crippen molar-refractivity contribution in [3.8, 4) is 0 Å². The van der Waals surface area contributed by atoms with Crippen molar-refractivity contribution in [2.75, 3.05) is 0 Å². The molecule has 7 heteroatoms. The number of nitrogens with two attached hydrogens (primary N) is 2. The van der Waals surface area contributed by atoms with Gasteiger partial charge < -0.3 is 22.2 Å². The molecule has 1 aromatic heterocycles. The van der Waals surface area contributed by atoms with Gasteiger partial charge in [-0.1, -0.05) is 0 Å². The van der Waals surface area contributed by atoms with Crippen molar-refractivity contribution < 1.29 is 4.79 Å². The molecule has 1 saturated carbocycles. The van der Waals surface area contributed by atoms with E-state index in [-0.39, 0.29) is 5.91 Å². The number of amides is 1. The van der Waals surface area contributed by atoms with Crippen molar-refractivity contribution in [3.63, 3.8) is 0 Å². The molecule has 1 fully saturated rings. The lowest BCUT2D eigenvalue weighted by Crippen LogP contribution is -2.44. The summed E-state index contributed by atoms with van der Waals surface area (Å²) >= 11 is 0. The minimum Gasteiger partial charge on any atom is -0.404 e. The maximum atomic E-state index is 11.7. The van der Waals surface area contributed by atoms with E-state index in [0.717, 1.165) is 19.1 Å². The number of allylic oxidation sites excluding steroid dienone is 1. The summed E-state index contributed by atoms with van der Waals surface area (Å²) in [6, 6.07) is 2.98. The summed E-state index contributed by atoms with van der Waals surface area (Å²) in [4.78, 5) is 11.7. The van der Waals surface area contributed by atoms with E-state index in [1.807, 2.05) is 0 Å². The lowest BCUT2D eigenvalue weighted by molar-refractivity contribution is -0.123. The summed E-state index contributed by atoms with van der Waals surface area (Å²) in [6.45, 7) is 1.64. The van der Waals surface area contributed by atoms with Crippen LogP contribution in [0.5, 0.6) is 0 Å². The van der Waals surface area contributed by atoms with Crippen LogP contribution in [0.25, 0.3) is 5.57 Å². The van der Waals surface area contributed by atoms with E-state index in [0.29, 0.717) is 17.0 Å². The molecule has 1 heterocycles. The molecule has 1 aromatic rings. The summed E-state index contributed by atoms with van der Waals surface area (Å²) in [6.07, 6.45) is 4.07. The van der Waals surface area contributed by atoms with E-state index in [1.165, 1.54) is 6.20 Å². The van der Waals surface area contributed by atoms with E-state index in [9.17, 15) is 4.79 Å². The van der Waals surface area contributed by atoms with Gasteiger partial charge in [0, 0.05) is 18.0 Å². The highest BCUT2D eigenvalue weighted by molar-refractivity contribution is 6.07. The molecule has 1 aliphatic carbocycles. The van der Waals surface area contributed by atoms with Crippen molar-refractivity contribution in [2.45, 2.75) is 31.3 Å². The summed E-state index contributed by atoms with van der Waals surface area (Å²) in [5.41, 5.74) is 12.2. The van der Waals surface area contributed by atoms with Gasteiger partial charge in [-0.05, 0) is 31.9 Å². The molecule has 6 N–H and O–H groups in total. The van der Waals surface area contributed by atoms with Crippen LogP contribution in [-0.2, 0) is 10.3 Å². The van der Waals surface area contributed by atoms with E-state index in [1.54, 1.807) is 19.1 Å². The highest BCUT2D eigenvalue weighted by Gasteiger charge is 2.47. The fourth-order valence-corrected chi connectivity index (χ4v) is 1.87. The molecular weight excluding hydrogens is 256 g/mol. The number of hydrogen-bond acceptors (Lipinski definition) is 6. The molecule has 0 aliphatic heterocycles. The molecule has 0 aromatic carbocycles. The number of carbonyl (C=O) groups excluding carboxylic acids is 1. The van der Waals surface area contributed by atoms with Crippen LogP contribution in [0.3, 0.4) is 0 Å². The molecule has 106 valence electrons. The summed E-state index contributed by atoms with van der Waals surface area (Å²) in [5, 5.41) is 18.3. The molecule has 0 bridgehead atoms. The van der Waals surface area contributed by atoms with Gasteiger partial charge in [-0.3, -0.25) is 4.79 Å². The zero-order valence-corrected chi connectivity index (χ0v) is 11.3. The van der Waals surface area contributed by atoms with Gasteiger partial charge >= 0.3 is 0 Å². The minimum atomic E-state index is -0.551. The number of carbonyl (C=O) groups is 1. The third kappa shape index (κ3) is 2.67. The van der Waals surface area contributed by atoms with Crippen molar-refractivity contribution >= 4 is 17.7 Å². The molecule has 0 spiro atoms.